The van der Waals surface area contributed by atoms with E-state index in [1.807, 2.05) is 13.1 Å². The second-order valence-corrected chi connectivity index (χ2v) is 6.25. The number of fused-ring (bicyclic) bond motifs is 1. The number of nitrogens with one attached hydrogen (secondary N) is 1. The maximum Gasteiger partial charge on any atom is 0.191 e. The Hall–Kier alpha value is -0.760. The summed E-state index contributed by atoms with van der Waals surface area (Å²) in [6.45, 7) is 0.725. The molecule has 0 bridgehead atoms. The maximum atomic E-state index is 5.99. The van der Waals surface area contributed by atoms with Crippen LogP contribution in [0.4, 0.5) is 0 Å². The molecule has 0 saturated heterocycles. The van der Waals surface area contributed by atoms with Crippen molar-refractivity contribution in [3.8, 4) is 0 Å². The predicted octanol–water partition coefficient (Wildman–Crippen LogP) is 3.50. The molecule has 1 heterocycles. The lowest BCUT2D eigenvalue weighted by Gasteiger charge is -2.16. The molecule has 3 N–H and O–H groups in total. The topological polar surface area (TPSA) is 57.4 Å². The molecule has 0 radical (unpaired) electrons. The molecule has 114 valence electrons. The van der Waals surface area contributed by atoms with E-state index >= 15 is 0 Å². The molecule has 0 aliphatic heterocycles. The highest BCUT2D eigenvalue weighted by atomic mass is 127. The van der Waals surface area contributed by atoms with Crippen LogP contribution in [0.25, 0.3) is 10.9 Å². The standard InChI is InChI=1S/C15H19BrN4.HI/c1-20(12-3-4-12)15(17)18-7-6-10-9-19-14-5-2-11(16)8-13(10)14;/h2,5,8-9,12,19H,3-4,6-7H2,1H3,(H2,17,18);1H. The third-order valence-electron chi connectivity index (χ3n) is 3.84. The maximum absolute atomic E-state index is 5.99. The number of hydrogen-bond donors (Lipinski definition) is 2. The Morgan fingerprint density at radius 1 is 1.48 bits per heavy atom. The Morgan fingerprint density at radius 3 is 2.95 bits per heavy atom. The number of aliphatic imine (C=N–C) groups is 1. The summed E-state index contributed by atoms with van der Waals surface area (Å²) in [6.07, 6.45) is 5.44. The third-order valence-corrected chi connectivity index (χ3v) is 4.33. The van der Waals surface area contributed by atoms with E-state index in [1.54, 1.807) is 0 Å². The van der Waals surface area contributed by atoms with Crippen LogP contribution in [0.3, 0.4) is 0 Å². The summed E-state index contributed by atoms with van der Waals surface area (Å²) in [5.41, 5.74) is 8.44. The third kappa shape index (κ3) is 3.91. The lowest BCUT2D eigenvalue weighted by molar-refractivity contribution is 0.487. The van der Waals surface area contributed by atoms with Gasteiger partial charge < -0.3 is 15.6 Å². The van der Waals surface area contributed by atoms with Gasteiger partial charge in [0.1, 0.15) is 0 Å². The monoisotopic (exact) mass is 462 g/mol. The molecule has 4 nitrogen and oxygen atoms in total. The van der Waals surface area contributed by atoms with Gasteiger partial charge in [-0.25, -0.2) is 0 Å². The number of H-pyrrole nitrogens is 1. The normalized spacial score (nSPS) is 15.0. The van der Waals surface area contributed by atoms with Gasteiger partial charge in [-0.15, -0.1) is 24.0 Å². The minimum absolute atomic E-state index is 0. The molecule has 3 rings (SSSR count). The summed E-state index contributed by atoms with van der Waals surface area (Å²) >= 11 is 3.52. The predicted molar refractivity (Wildman–Crippen MR) is 102 cm³/mol. The number of aromatic amines is 1. The van der Waals surface area contributed by atoms with Crippen molar-refractivity contribution in [2.45, 2.75) is 25.3 Å². The Labute approximate surface area is 150 Å². The molecule has 0 amide bonds. The van der Waals surface area contributed by atoms with Crippen LogP contribution in [0.15, 0.2) is 33.9 Å². The van der Waals surface area contributed by atoms with Gasteiger partial charge in [0.15, 0.2) is 5.96 Å². The summed E-state index contributed by atoms with van der Waals surface area (Å²) < 4.78 is 1.10. The van der Waals surface area contributed by atoms with Crippen LogP contribution in [0, 0.1) is 0 Å². The second kappa shape index (κ2) is 7.00. The number of halogens is 2. The largest absolute Gasteiger partial charge is 0.370 e. The summed E-state index contributed by atoms with van der Waals surface area (Å²) in [7, 11) is 2.03. The highest BCUT2D eigenvalue weighted by Crippen LogP contribution is 2.25. The quantitative estimate of drug-likeness (QED) is 0.415. The van der Waals surface area contributed by atoms with Gasteiger partial charge in [-0.1, -0.05) is 15.9 Å². The van der Waals surface area contributed by atoms with Crippen LogP contribution in [0.5, 0.6) is 0 Å². The van der Waals surface area contributed by atoms with Crippen molar-refractivity contribution in [3.63, 3.8) is 0 Å². The molecular formula is C15H20BrIN4. The number of nitrogens with zero attached hydrogens (tertiary/aromatic N) is 2. The van der Waals surface area contributed by atoms with E-state index in [2.05, 4.69) is 49.1 Å². The van der Waals surface area contributed by atoms with Crippen molar-refractivity contribution in [3.05, 3.63) is 34.4 Å². The molecular weight excluding hydrogens is 443 g/mol. The zero-order chi connectivity index (χ0) is 14.1. The molecule has 2 aromatic rings. The Balaban J connectivity index is 0.00000161. The van der Waals surface area contributed by atoms with E-state index < -0.39 is 0 Å². The van der Waals surface area contributed by atoms with E-state index in [-0.39, 0.29) is 24.0 Å². The molecule has 1 fully saturated rings. The zero-order valence-corrected chi connectivity index (χ0v) is 15.9. The molecule has 1 saturated carbocycles. The van der Waals surface area contributed by atoms with Crippen molar-refractivity contribution in [2.75, 3.05) is 13.6 Å². The van der Waals surface area contributed by atoms with Crippen LogP contribution in [-0.2, 0) is 6.42 Å². The lowest BCUT2D eigenvalue weighted by atomic mass is 10.1. The van der Waals surface area contributed by atoms with Gasteiger partial charge in [0.2, 0.25) is 0 Å². The first kappa shape index (κ1) is 16.6. The van der Waals surface area contributed by atoms with Crippen LogP contribution in [-0.4, -0.2) is 35.5 Å². The first-order valence-electron chi connectivity index (χ1n) is 6.93. The van der Waals surface area contributed by atoms with Gasteiger partial charge in [0.25, 0.3) is 0 Å². The van der Waals surface area contributed by atoms with Gasteiger partial charge in [0.05, 0.1) is 0 Å². The van der Waals surface area contributed by atoms with Gasteiger partial charge in [-0.05, 0) is 43.0 Å². The number of benzene rings is 1. The number of aromatic nitrogens is 1. The summed E-state index contributed by atoms with van der Waals surface area (Å²) in [5.74, 6) is 0.661. The summed E-state index contributed by atoms with van der Waals surface area (Å²) in [6, 6.07) is 6.89. The van der Waals surface area contributed by atoms with Crippen molar-refractivity contribution >= 4 is 56.8 Å². The Bertz CT molecular complexity index is 648. The first-order chi connectivity index (χ1) is 9.65. The van der Waals surface area contributed by atoms with Crippen molar-refractivity contribution in [1.82, 2.24) is 9.88 Å². The van der Waals surface area contributed by atoms with Crippen LogP contribution in [0.1, 0.15) is 18.4 Å². The Morgan fingerprint density at radius 2 is 2.24 bits per heavy atom. The molecule has 21 heavy (non-hydrogen) atoms. The average Bonchev–Trinajstić information content (AvgIpc) is 3.21. The Kier molecular flexibility index (Phi) is 5.54. The highest BCUT2D eigenvalue weighted by molar-refractivity contribution is 14.0. The molecule has 1 aromatic carbocycles. The molecule has 1 aromatic heterocycles. The van der Waals surface area contributed by atoms with E-state index in [9.17, 15) is 0 Å². The van der Waals surface area contributed by atoms with Gasteiger partial charge >= 0.3 is 0 Å². The fourth-order valence-corrected chi connectivity index (χ4v) is 2.77. The fraction of sp³-hybridized carbons (Fsp3) is 0.400. The molecule has 6 heteroatoms. The number of nitrogens with two attached hydrogens (primary N) is 1. The molecule has 0 spiro atoms. The van der Waals surface area contributed by atoms with Crippen LogP contribution >= 0.6 is 39.9 Å². The number of rotatable bonds is 4. The first-order valence-corrected chi connectivity index (χ1v) is 7.72. The SMILES string of the molecule is CN(C(N)=NCCc1c[nH]c2ccc(Br)cc12)C1CC1.I. The minimum atomic E-state index is 0. The highest BCUT2D eigenvalue weighted by Gasteiger charge is 2.27. The molecule has 0 atom stereocenters. The lowest BCUT2D eigenvalue weighted by Crippen LogP contribution is -2.35. The smallest absolute Gasteiger partial charge is 0.191 e. The van der Waals surface area contributed by atoms with Gasteiger partial charge in [0, 0.05) is 41.2 Å². The van der Waals surface area contributed by atoms with Crippen LogP contribution in [0.2, 0.25) is 0 Å². The molecule has 0 unspecified atom stereocenters. The van der Waals surface area contributed by atoms with Gasteiger partial charge in [-0.2, -0.15) is 0 Å². The van der Waals surface area contributed by atoms with E-state index in [0.717, 1.165) is 23.0 Å². The number of hydrogen-bond acceptors (Lipinski definition) is 1. The average molecular weight is 463 g/mol. The van der Waals surface area contributed by atoms with Crippen molar-refractivity contribution < 1.29 is 0 Å². The van der Waals surface area contributed by atoms with Crippen molar-refractivity contribution in [2.24, 2.45) is 10.7 Å². The fourth-order valence-electron chi connectivity index (χ4n) is 2.41. The molecule has 1 aliphatic carbocycles. The summed E-state index contributed by atoms with van der Waals surface area (Å²) in [5, 5.41) is 1.25. The second-order valence-electron chi connectivity index (χ2n) is 5.34. The zero-order valence-electron chi connectivity index (χ0n) is 12.0. The van der Waals surface area contributed by atoms with E-state index in [4.69, 9.17) is 5.73 Å². The van der Waals surface area contributed by atoms with Crippen LogP contribution < -0.4 is 5.73 Å². The summed E-state index contributed by atoms with van der Waals surface area (Å²) in [4.78, 5) is 9.87. The van der Waals surface area contributed by atoms with E-state index in [0.29, 0.717) is 12.0 Å². The van der Waals surface area contributed by atoms with Crippen molar-refractivity contribution in [1.29, 1.82) is 0 Å². The van der Waals surface area contributed by atoms with E-state index in [1.165, 1.54) is 23.8 Å². The number of guanidine groups is 1. The molecule has 1 aliphatic rings. The van der Waals surface area contributed by atoms with Gasteiger partial charge in [-0.3, -0.25) is 4.99 Å². The minimum Gasteiger partial charge on any atom is -0.370 e.